The first-order valence-electron chi connectivity index (χ1n) is 11.2. The quantitative estimate of drug-likeness (QED) is 0.271. The van der Waals surface area contributed by atoms with E-state index in [1.165, 1.54) is 17.0 Å². The molecule has 0 radical (unpaired) electrons. The van der Waals surface area contributed by atoms with Crippen LogP contribution in [0.5, 0.6) is 0 Å². The number of anilines is 1. The van der Waals surface area contributed by atoms with E-state index < -0.39 is 10.1 Å². The maximum absolute atomic E-state index is 13.3. The first-order chi connectivity index (χ1) is 17.5. The van der Waals surface area contributed by atoms with Crippen molar-refractivity contribution in [2.45, 2.75) is 11.5 Å². The molecule has 1 aliphatic heterocycles. The van der Waals surface area contributed by atoms with Gasteiger partial charge in [0.1, 0.15) is 17.4 Å². The van der Waals surface area contributed by atoms with Crippen LogP contribution in [0.4, 0.5) is 5.82 Å². The first kappa shape index (κ1) is 23.3. The molecule has 178 valence electrons. The van der Waals surface area contributed by atoms with E-state index >= 15 is 0 Å². The number of carbonyl (C=O) groups excluding carboxylic acids is 1. The molecule has 0 aliphatic carbocycles. The molecule has 0 spiro atoms. The Morgan fingerprint density at radius 1 is 0.806 bits per heavy atom. The number of pyridine rings is 1. The van der Waals surface area contributed by atoms with Gasteiger partial charge in [0.2, 0.25) is 0 Å². The summed E-state index contributed by atoms with van der Waals surface area (Å²) in [6.07, 6.45) is 3.32. The van der Waals surface area contributed by atoms with Gasteiger partial charge in [-0.25, -0.2) is 14.9 Å². The summed E-state index contributed by atoms with van der Waals surface area (Å²) in [6, 6.07) is 29.9. The molecule has 0 fully saturated rings. The summed E-state index contributed by atoms with van der Waals surface area (Å²) in [4.78, 5) is 23.9. The van der Waals surface area contributed by atoms with Crippen molar-refractivity contribution in [1.29, 1.82) is 0 Å². The van der Waals surface area contributed by atoms with Crippen molar-refractivity contribution < 1.29 is 17.4 Å². The molecule has 0 N–H and O–H groups in total. The second kappa shape index (κ2) is 10.1. The molecule has 3 aromatic carbocycles. The number of aliphatic imine (C=N–C) groups is 1. The maximum Gasteiger partial charge on any atom is 0.297 e. The molecule has 1 amide bonds. The van der Waals surface area contributed by atoms with E-state index in [1.54, 1.807) is 66.9 Å². The maximum atomic E-state index is 13.3. The molecule has 1 aliphatic rings. The second-order valence-electron chi connectivity index (χ2n) is 7.93. The van der Waals surface area contributed by atoms with Crippen molar-refractivity contribution in [3.05, 3.63) is 132 Å². The zero-order valence-electron chi connectivity index (χ0n) is 19.1. The molecule has 2 heterocycles. The molecule has 4 aromatic rings. The third-order valence-corrected chi connectivity index (χ3v) is 6.74. The van der Waals surface area contributed by atoms with E-state index in [0.717, 1.165) is 11.1 Å². The number of hydrogen-bond acceptors (Lipinski definition) is 6. The van der Waals surface area contributed by atoms with Gasteiger partial charge in [0.05, 0.1) is 11.5 Å². The molecular formula is C28H21N3O4S. The monoisotopic (exact) mass is 495 g/mol. The zero-order chi connectivity index (χ0) is 25.0. The first-order valence-corrected chi connectivity index (χ1v) is 12.6. The SMILES string of the molecule is O=C1/C(=C/c2ccc(COS(=O)(=O)c3ccccc3)cc2)N=C(c2ccccc2)N1c1ccccn1. The third kappa shape index (κ3) is 5.00. The zero-order valence-corrected chi connectivity index (χ0v) is 19.9. The number of hydrogen-bond donors (Lipinski definition) is 0. The van der Waals surface area contributed by atoms with Crippen LogP contribution in [-0.4, -0.2) is 25.1 Å². The van der Waals surface area contributed by atoms with Crippen molar-refractivity contribution in [2.75, 3.05) is 4.90 Å². The summed E-state index contributed by atoms with van der Waals surface area (Å²) in [5.41, 5.74) is 2.49. The van der Waals surface area contributed by atoms with Crippen LogP contribution in [0.15, 0.2) is 125 Å². The predicted octanol–water partition coefficient (Wildman–Crippen LogP) is 4.82. The highest BCUT2D eigenvalue weighted by Gasteiger charge is 2.33. The van der Waals surface area contributed by atoms with E-state index in [1.807, 2.05) is 36.4 Å². The number of amidine groups is 1. The normalized spacial score (nSPS) is 14.8. The molecule has 36 heavy (non-hydrogen) atoms. The number of rotatable bonds is 7. The molecule has 5 rings (SSSR count). The Kier molecular flexibility index (Phi) is 6.53. The largest absolute Gasteiger partial charge is 0.297 e. The lowest BCUT2D eigenvalue weighted by Crippen LogP contribution is -2.33. The lowest BCUT2D eigenvalue weighted by atomic mass is 10.1. The van der Waals surface area contributed by atoms with Gasteiger partial charge in [0.25, 0.3) is 16.0 Å². The minimum atomic E-state index is -3.85. The van der Waals surface area contributed by atoms with Gasteiger partial charge < -0.3 is 0 Å². The van der Waals surface area contributed by atoms with E-state index in [0.29, 0.717) is 17.2 Å². The van der Waals surface area contributed by atoms with Gasteiger partial charge in [-0.2, -0.15) is 8.42 Å². The molecule has 0 saturated heterocycles. The Balaban J connectivity index is 1.37. The van der Waals surface area contributed by atoms with Crippen LogP contribution in [0.3, 0.4) is 0 Å². The molecule has 7 nitrogen and oxygen atoms in total. The van der Waals surface area contributed by atoms with Gasteiger partial charge >= 0.3 is 0 Å². The smallest absolute Gasteiger partial charge is 0.266 e. The Hall–Kier alpha value is -4.40. The van der Waals surface area contributed by atoms with Gasteiger partial charge in [-0.15, -0.1) is 0 Å². The number of aromatic nitrogens is 1. The minimum absolute atomic E-state index is 0.100. The van der Waals surface area contributed by atoms with Crippen molar-refractivity contribution in [2.24, 2.45) is 4.99 Å². The Morgan fingerprint density at radius 2 is 1.47 bits per heavy atom. The van der Waals surface area contributed by atoms with Gasteiger partial charge in [-0.1, -0.05) is 78.9 Å². The average Bonchev–Trinajstić information content (AvgIpc) is 3.25. The summed E-state index contributed by atoms with van der Waals surface area (Å²) in [5, 5.41) is 0. The van der Waals surface area contributed by atoms with Crippen LogP contribution >= 0.6 is 0 Å². The van der Waals surface area contributed by atoms with E-state index in [-0.39, 0.29) is 23.1 Å². The fraction of sp³-hybridized carbons (Fsp3) is 0.0357. The van der Waals surface area contributed by atoms with E-state index in [9.17, 15) is 13.2 Å². The second-order valence-corrected chi connectivity index (χ2v) is 9.55. The van der Waals surface area contributed by atoms with Crippen LogP contribution in [0.1, 0.15) is 16.7 Å². The number of amides is 1. The molecule has 0 bridgehead atoms. The standard InChI is InChI=1S/C28H21N3O4S/c32-28-25(30-27(23-9-3-1-4-10-23)31(28)26-13-7-8-18-29-26)19-21-14-16-22(17-15-21)20-35-36(33,34)24-11-5-2-6-12-24/h1-19H,20H2/b25-19-. The molecule has 0 saturated carbocycles. The van der Waals surface area contributed by atoms with Crippen molar-refractivity contribution in [1.82, 2.24) is 4.98 Å². The highest BCUT2D eigenvalue weighted by atomic mass is 32.2. The Bertz CT molecular complexity index is 1540. The fourth-order valence-electron chi connectivity index (χ4n) is 3.66. The molecule has 0 atom stereocenters. The fourth-order valence-corrected chi connectivity index (χ4v) is 4.58. The Morgan fingerprint density at radius 3 is 2.14 bits per heavy atom. The summed E-state index contributed by atoms with van der Waals surface area (Å²) in [7, 11) is -3.85. The number of nitrogens with zero attached hydrogens (tertiary/aromatic N) is 3. The summed E-state index contributed by atoms with van der Waals surface area (Å²) in [6.45, 7) is -0.100. The highest BCUT2D eigenvalue weighted by molar-refractivity contribution is 7.86. The molecule has 0 unspecified atom stereocenters. The van der Waals surface area contributed by atoms with Gasteiger partial charge in [-0.3, -0.25) is 8.98 Å². The predicted molar refractivity (Wildman–Crippen MR) is 138 cm³/mol. The lowest BCUT2D eigenvalue weighted by molar-refractivity contribution is -0.113. The van der Waals surface area contributed by atoms with Gasteiger partial charge in [0, 0.05) is 11.8 Å². The summed E-state index contributed by atoms with van der Waals surface area (Å²) in [5.74, 6) is 0.705. The topological polar surface area (TPSA) is 88.9 Å². The van der Waals surface area contributed by atoms with Crippen molar-refractivity contribution in [3.63, 3.8) is 0 Å². The van der Waals surface area contributed by atoms with Crippen LogP contribution in [-0.2, 0) is 25.7 Å². The highest BCUT2D eigenvalue weighted by Crippen LogP contribution is 2.26. The van der Waals surface area contributed by atoms with Gasteiger partial charge in [-0.05, 0) is 41.5 Å². The van der Waals surface area contributed by atoms with Crippen LogP contribution < -0.4 is 4.90 Å². The minimum Gasteiger partial charge on any atom is -0.266 e. The summed E-state index contributed by atoms with van der Waals surface area (Å²) >= 11 is 0. The van der Waals surface area contributed by atoms with Crippen LogP contribution in [0.25, 0.3) is 6.08 Å². The molecular weight excluding hydrogens is 474 g/mol. The summed E-state index contributed by atoms with van der Waals surface area (Å²) < 4.78 is 29.9. The van der Waals surface area contributed by atoms with Crippen LogP contribution in [0.2, 0.25) is 0 Å². The number of benzene rings is 3. The van der Waals surface area contributed by atoms with Crippen LogP contribution in [0, 0.1) is 0 Å². The number of carbonyl (C=O) groups is 1. The van der Waals surface area contributed by atoms with Crippen molar-refractivity contribution >= 4 is 33.8 Å². The Labute approximate surface area is 209 Å². The van der Waals surface area contributed by atoms with E-state index in [4.69, 9.17) is 4.18 Å². The van der Waals surface area contributed by atoms with E-state index in [2.05, 4.69) is 9.98 Å². The third-order valence-electron chi connectivity index (χ3n) is 5.47. The van der Waals surface area contributed by atoms with Crippen molar-refractivity contribution in [3.8, 4) is 0 Å². The van der Waals surface area contributed by atoms with Gasteiger partial charge in [0.15, 0.2) is 0 Å². The molecule has 1 aromatic heterocycles. The molecule has 8 heteroatoms. The average molecular weight is 496 g/mol. The lowest BCUT2D eigenvalue weighted by Gasteiger charge is -2.17.